The third-order valence-corrected chi connectivity index (χ3v) is 7.09. The van der Waals surface area contributed by atoms with E-state index in [1.54, 1.807) is 30.5 Å². The molecular formula is C17H26FN3O3S. The predicted molar refractivity (Wildman–Crippen MR) is 94.1 cm³/mol. The van der Waals surface area contributed by atoms with Crippen LogP contribution in [0.5, 0.6) is 5.75 Å². The average molecular weight is 371 g/mol. The molecule has 0 spiro atoms. The molecule has 3 heterocycles. The first kappa shape index (κ1) is 18.6. The van der Waals surface area contributed by atoms with Gasteiger partial charge in [0.05, 0.1) is 7.11 Å². The van der Waals surface area contributed by atoms with Gasteiger partial charge in [0.15, 0.2) is 0 Å². The van der Waals surface area contributed by atoms with Gasteiger partial charge in [-0.3, -0.25) is 4.90 Å². The summed E-state index contributed by atoms with van der Waals surface area (Å²) in [7, 11) is 1.23. The lowest BCUT2D eigenvalue weighted by Crippen LogP contribution is -2.46. The summed E-state index contributed by atoms with van der Waals surface area (Å²) in [5, 5.41) is 0. The van der Waals surface area contributed by atoms with Crippen molar-refractivity contribution in [2.75, 3.05) is 40.8 Å². The van der Waals surface area contributed by atoms with Crippen LogP contribution < -0.4 is 4.74 Å². The number of hydrogen-bond donors (Lipinski definition) is 0. The summed E-state index contributed by atoms with van der Waals surface area (Å²) < 4.78 is 47.2. The summed E-state index contributed by atoms with van der Waals surface area (Å²) in [4.78, 5) is 2.23. The van der Waals surface area contributed by atoms with Crippen molar-refractivity contribution in [3.63, 3.8) is 0 Å². The van der Waals surface area contributed by atoms with Crippen molar-refractivity contribution in [3.8, 4) is 5.75 Å². The van der Waals surface area contributed by atoms with E-state index in [1.807, 2.05) is 0 Å². The zero-order valence-electron chi connectivity index (χ0n) is 15.0. The van der Waals surface area contributed by atoms with Crippen molar-refractivity contribution in [2.45, 2.75) is 25.4 Å². The van der Waals surface area contributed by atoms with Gasteiger partial charge in [-0.25, -0.2) is 4.39 Å². The van der Waals surface area contributed by atoms with Crippen LogP contribution in [0.25, 0.3) is 0 Å². The first-order valence-electron chi connectivity index (χ1n) is 8.55. The predicted octanol–water partition coefficient (Wildman–Crippen LogP) is 1.54. The van der Waals surface area contributed by atoms with Crippen molar-refractivity contribution >= 4 is 10.2 Å². The maximum Gasteiger partial charge on any atom is 0.281 e. The van der Waals surface area contributed by atoms with Gasteiger partial charge in [-0.15, -0.1) is 0 Å². The smallest absolute Gasteiger partial charge is 0.281 e. The number of ether oxygens (including phenoxy) is 1. The first-order chi connectivity index (χ1) is 11.8. The number of methoxy groups -OCH3 is 1. The monoisotopic (exact) mass is 371 g/mol. The molecule has 0 aliphatic carbocycles. The minimum Gasteiger partial charge on any atom is -0.497 e. The summed E-state index contributed by atoms with van der Waals surface area (Å²) >= 11 is 0. The van der Waals surface area contributed by atoms with Crippen LogP contribution in [0.4, 0.5) is 4.39 Å². The summed E-state index contributed by atoms with van der Waals surface area (Å²) in [6.45, 7) is 2.30. The molecule has 140 valence electrons. The largest absolute Gasteiger partial charge is 0.497 e. The Morgan fingerprint density at radius 1 is 1.24 bits per heavy atom. The van der Waals surface area contributed by atoms with E-state index in [9.17, 15) is 12.8 Å². The van der Waals surface area contributed by atoms with Crippen molar-refractivity contribution in [1.82, 2.24) is 13.5 Å². The van der Waals surface area contributed by atoms with Gasteiger partial charge in [0, 0.05) is 57.9 Å². The summed E-state index contributed by atoms with van der Waals surface area (Å²) in [6.07, 6.45) is 1.97. The van der Waals surface area contributed by atoms with E-state index in [0.29, 0.717) is 30.9 Å². The zero-order chi connectivity index (χ0) is 18.2. The van der Waals surface area contributed by atoms with Gasteiger partial charge in [-0.1, -0.05) is 6.07 Å². The molecule has 2 atom stereocenters. The summed E-state index contributed by atoms with van der Waals surface area (Å²) in [6, 6.07) is 5.03. The third kappa shape index (κ3) is 3.81. The van der Waals surface area contributed by atoms with Crippen LogP contribution >= 0.6 is 0 Å². The highest BCUT2D eigenvalue weighted by Crippen LogP contribution is 2.31. The first-order valence-corrected chi connectivity index (χ1v) is 9.95. The van der Waals surface area contributed by atoms with E-state index in [0.717, 1.165) is 19.4 Å². The van der Waals surface area contributed by atoms with E-state index >= 15 is 0 Å². The Labute approximate surface area is 149 Å². The summed E-state index contributed by atoms with van der Waals surface area (Å²) in [5.41, 5.74) is 0.621. The fourth-order valence-electron chi connectivity index (χ4n) is 3.75. The maximum absolute atomic E-state index is 14.3. The number of halogens is 1. The van der Waals surface area contributed by atoms with E-state index in [2.05, 4.69) is 4.90 Å². The average Bonchev–Trinajstić information content (AvgIpc) is 2.89. The lowest BCUT2D eigenvalue weighted by Gasteiger charge is -2.36. The molecule has 3 fully saturated rings. The molecule has 4 rings (SSSR count). The molecule has 8 heteroatoms. The number of rotatable bonds is 5. The number of hydrogen-bond acceptors (Lipinski definition) is 4. The van der Waals surface area contributed by atoms with Gasteiger partial charge < -0.3 is 4.74 Å². The maximum atomic E-state index is 14.3. The van der Waals surface area contributed by atoms with Crippen LogP contribution in [-0.2, 0) is 16.8 Å². The molecule has 0 radical (unpaired) electrons. The Morgan fingerprint density at radius 2 is 2.00 bits per heavy atom. The third-order valence-electron chi connectivity index (χ3n) is 5.21. The highest BCUT2D eigenvalue weighted by molar-refractivity contribution is 7.86. The Bertz CT molecular complexity index is 726. The Balaban J connectivity index is 1.77. The van der Waals surface area contributed by atoms with Gasteiger partial charge in [-0.05, 0) is 24.8 Å². The van der Waals surface area contributed by atoms with Gasteiger partial charge in [0.1, 0.15) is 11.6 Å². The number of benzene rings is 1. The van der Waals surface area contributed by atoms with Crippen molar-refractivity contribution in [2.24, 2.45) is 5.92 Å². The number of fused-ring (bicyclic) bond motifs is 4. The molecule has 3 aliphatic rings. The fraction of sp³-hybridized carbons (Fsp3) is 0.647. The topological polar surface area (TPSA) is 53.1 Å². The normalized spacial score (nSPS) is 25.3. The van der Waals surface area contributed by atoms with E-state index in [1.165, 1.54) is 17.5 Å². The molecule has 6 nitrogen and oxygen atoms in total. The molecule has 1 aromatic carbocycles. The second kappa shape index (κ2) is 7.19. The van der Waals surface area contributed by atoms with Crippen molar-refractivity contribution in [3.05, 3.63) is 29.6 Å². The van der Waals surface area contributed by atoms with Crippen molar-refractivity contribution < 1.29 is 17.5 Å². The van der Waals surface area contributed by atoms with E-state index in [-0.39, 0.29) is 17.8 Å². The second-order valence-corrected chi connectivity index (χ2v) is 9.23. The summed E-state index contributed by atoms with van der Waals surface area (Å²) in [5.74, 6) is 0.508. The molecule has 0 unspecified atom stereocenters. The fourth-order valence-corrected chi connectivity index (χ4v) is 4.97. The van der Waals surface area contributed by atoms with E-state index < -0.39 is 10.2 Å². The lowest BCUT2D eigenvalue weighted by atomic mass is 9.94. The Morgan fingerprint density at radius 3 is 2.64 bits per heavy atom. The van der Waals surface area contributed by atoms with Gasteiger partial charge in [0.25, 0.3) is 10.2 Å². The van der Waals surface area contributed by atoms with Crippen LogP contribution in [0.2, 0.25) is 0 Å². The molecule has 3 aliphatic heterocycles. The second-order valence-electron chi connectivity index (χ2n) is 7.09. The van der Waals surface area contributed by atoms with Gasteiger partial charge in [-0.2, -0.15) is 17.0 Å². The highest BCUT2D eigenvalue weighted by Gasteiger charge is 2.39. The SMILES string of the molecule is COc1ccc(CN2C[C@@H]3CC[C@H]2CN(S(=O)(=O)N(C)C)C3)c(F)c1. The van der Waals surface area contributed by atoms with Crippen LogP contribution in [0.3, 0.4) is 0 Å². The van der Waals surface area contributed by atoms with Crippen LogP contribution in [-0.4, -0.2) is 68.8 Å². The Kier molecular flexibility index (Phi) is 5.34. The van der Waals surface area contributed by atoms with Crippen molar-refractivity contribution in [1.29, 1.82) is 0 Å². The number of nitrogens with zero attached hydrogens (tertiary/aromatic N) is 3. The zero-order valence-corrected chi connectivity index (χ0v) is 15.8. The number of piperidine rings is 1. The molecule has 0 amide bonds. The molecule has 0 saturated carbocycles. The molecule has 3 saturated heterocycles. The minimum absolute atomic E-state index is 0.120. The van der Waals surface area contributed by atoms with Crippen LogP contribution in [0.1, 0.15) is 18.4 Å². The van der Waals surface area contributed by atoms with Crippen LogP contribution in [0.15, 0.2) is 18.2 Å². The van der Waals surface area contributed by atoms with E-state index in [4.69, 9.17) is 4.74 Å². The molecule has 1 aromatic rings. The van der Waals surface area contributed by atoms with Crippen LogP contribution in [0, 0.1) is 11.7 Å². The molecular weight excluding hydrogens is 345 g/mol. The molecule has 25 heavy (non-hydrogen) atoms. The highest BCUT2D eigenvalue weighted by atomic mass is 32.2. The Hall–Kier alpha value is -1.22. The quantitative estimate of drug-likeness (QED) is 0.788. The standard InChI is InChI=1S/C17H26FN3O3S/c1-19(2)25(22,23)21-10-13-4-6-15(12-21)20(9-13)11-14-5-7-16(24-3)8-17(14)18/h5,7-8,13,15H,4,6,9-12H2,1-3H3/t13-,15-/m0/s1. The molecule has 2 bridgehead atoms. The van der Waals surface area contributed by atoms with Gasteiger partial charge >= 0.3 is 0 Å². The van der Waals surface area contributed by atoms with Gasteiger partial charge in [0.2, 0.25) is 0 Å². The lowest BCUT2D eigenvalue weighted by molar-refractivity contribution is 0.124. The molecule has 0 aromatic heterocycles. The molecule has 0 N–H and O–H groups in total. The minimum atomic E-state index is -3.41.